The molecule has 2 aliphatic heterocycles. The van der Waals surface area contributed by atoms with Crippen molar-refractivity contribution in [1.82, 2.24) is 10.1 Å². The van der Waals surface area contributed by atoms with Crippen molar-refractivity contribution < 1.29 is 9.26 Å². The number of rotatable bonds is 3. The van der Waals surface area contributed by atoms with E-state index in [1.807, 2.05) is 0 Å². The summed E-state index contributed by atoms with van der Waals surface area (Å²) >= 11 is 0. The van der Waals surface area contributed by atoms with Gasteiger partial charge in [-0.15, -0.1) is 0 Å². The van der Waals surface area contributed by atoms with E-state index in [9.17, 15) is 0 Å². The summed E-state index contributed by atoms with van der Waals surface area (Å²) in [6.07, 6.45) is 4.18. The van der Waals surface area contributed by atoms with Crippen molar-refractivity contribution in [1.29, 1.82) is 0 Å². The van der Waals surface area contributed by atoms with Gasteiger partial charge in [0.25, 0.3) is 0 Å². The molecule has 3 rings (SSSR count). The molecular weight excluding hydrogens is 206 g/mol. The van der Waals surface area contributed by atoms with Crippen LogP contribution in [0.1, 0.15) is 44.9 Å². The van der Waals surface area contributed by atoms with Gasteiger partial charge >= 0.3 is 6.01 Å². The van der Waals surface area contributed by atoms with Gasteiger partial charge in [-0.3, -0.25) is 0 Å². The lowest BCUT2D eigenvalue weighted by molar-refractivity contribution is 0.102. The molecule has 3 atom stereocenters. The molecule has 0 saturated carbocycles. The molecular formula is C11H17N3O2. The van der Waals surface area contributed by atoms with E-state index in [1.54, 1.807) is 0 Å². The molecule has 0 amide bonds. The van der Waals surface area contributed by atoms with E-state index < -0.39 is 0 Å². The number of hydrogen-bond donors (Lipinski definition) is 1. The number of nitrogens with zero attached hydrogens (tertiary/aromatic N) is 2. The van der Waals surface area contributed by atoms with Gasteiger partial charge in [-0.1, -0.05) is 19.0 Å². The van der Waals surface area contributed by atoms with Crippen LogP contribution in [0.25, 0.3) is 0 Å². The van der Waals surface area contributed by atoms with E-state index in [4.69, 9.17) is 9.26 Å². The average Bonchev–Trinajstić information content (AvgIpc) is 2.91. The maximum absolute atomic E-state index is 5.76. The lowest BCUT2D eigenvalue weighted by Gasteiger charge is -2.18. The summed E-state index contributed by atoms with van der Waals surface area (Å²) in [7, 11) is 0. The van der Waals surface area contributed by atoms with Gasteiger partial charge in [-0.25, -0.2) is 0 Å². The van der Waals surface area contributed by atoms with Gasteiger partial charge in [-0.2, -0.15) is 4.98 Å². The van der Waals surface area contributed by atoms with Crippen molar-refractivity contribution in [3.05, 3.63) is 5.82 Å². The van der Waals surface area contributed by atoms with Crippen LogP contribution in [-0.2, 0) is 4.74 Å². The first-order valence-electron chi connectivity index (χ1n) is 5.98. The summed E-state index contributed by atoms with van der Waals surface area (Å²) in [5, 5.41) is 7.21. The van der Waals surface area contributed by atoms with E-state index in [-0.39, 0.29) is 0 Å². The van der Waals surface area contributed by atoms with Crippen LogP contribution in [0.5, 0.6) is 0 Å². The Morgan fingerprint density at radius 3 is 2.81 bits per heavy atom. The van der Waals surface area contributed by atoms with Crippen molar-refractivity contribution >= 4 is 6.01 Å². The number of aromatic nitrogens is 2. The van der Waals surface area contributed by atoms with Gasteiger partial charge in [0.1, 0.15) is 0 Å². The van der Waals surface area contributed by atoms with Crippen LogP contribution >= 0.6 is 0 Å². The van der Waals surface area contributed by atoms with Gasteiger partial charge < -0.3 is 14.6 Å². The molecule has 0 aromatic carbocycles. The largest absolute Gasteiger partial charge is 0.373 e. The third kappa shape index (κ3) is 1.69. The first kappa shape index (κ1) is 10.1. The molecule has 2 saturated heterocycles. The topological polar surface area (TPSA) is 60.2 Å². The highest BCUT2D eigenvalue weighted by molar-refractivity contribution is 5.23. The maximum atomic E-state index is 5.76. The summed E-state index contributed by atoms with van der Waals surface area (Å²) in [5.74, 6) is 1.06. The van der Waals surface area contributed by atoms with E-state index in [2.05, 4.69) is 29.3 Å². The van der Waals surface area contributed by atoms with Gasteiger partial charge in [-0.05, 0) is 19.3 Å². The molecule has 0 radical (unpaired) electrons. The average molecular weight is 223 g/mol. The Labute approximate surface area is 94.6 Å². The molecule has 3 heterocycles. The predicted molar refractivity (Wildman–Crippen MR) is 58.3 cm³/mol. The second-order valence-corrected chi connectivity index (χ2v) is 4.97. The van der Waals surface area contributed by atoms with Crippen LogP contribution in [0.2, 0.25) is 0 Å². The van der Waals surface area contributed by atoms with Crippen LogP contribution in [-0.4, -0.2) is 28.4 Å². The maximum Gasteiger partial charge on any atom is 0.321 e. The van der Waals surface area contributed by atoms with E-state index in [0.717, 1.165) is 18.7 Å². The second kappa shape index (κ2) is 3.73. The zero-order chi connectivity index (χ0) is 11.1. The van der Waals surface area contributed by atoms with Crippen molar-refractivity contribution in [2.45, 2.75) is 57.3 Å². The molecule has 1 aromatic rings. The molecule has 2 aliphatic rings. The minimum absolute atomic E-state index is 0.301. The Hall–Kier alpha value is -1.10. The Morgan fingerprint density at radius 2 is 2.25 bits per heavy atom. The summed E-state index contributed by atoms with van der Waals surface area (Å²) in [6.45, 7) is 4.10. The summed E-state index contributed by atoms with van der Waals surface area (Å²) in [4.78, 5) is 4.31. The first-order valence-corrected chi connectivity index (χ1v) is 5.98. The van der Waals surface area contributed by atoms with Gasteiger partial charge in [0.15, 0.2) is 5.82 Å². The Morgan fingerprint density at radius 1 is 1.38 bits per heavy atom. The van der Waals surface area contributed by atoms with Crippen LogP contribution < -0.4 is 5.32 Å². The quantitative estimate of drug-likeness (QED) is 0.848. The molecule has 5 heteroatoms. The molecule has 5 nitrogen and oxygen atoms in total. The lowest BCUT2D eigenvalue weighted by Crippen LogP contribution is -2.30. The minimum atomic E-state index is 0.301. The second-order valence-electron chi connectivity index (χ2n) is 4.97. The number of nitrogens with one attached hydrogen (secondary N) is 1. The standard InChI is InChI=1S/C11H17N3O2/c1-6(2)10-13-11(16-14-10)12-8-5-7-3-4-9(8)15-7/h6-9H,3-5H2,1-2H3,(H,12,13,14)/t7-,8-,9+/m1/s1. The smallest absolute Gasteiger partial charge is 0.321 e. The highest BCUT2D eigenvalue weighted by Crippen LogP contribution is 2.35. The third-order valence-corrected chi connectivity index (χ3v) is 3.37. The van der Waals surface area contributed by atoms with E-state index in [1.165, 1.54) is 6.42 Å². The van der Waals surface area contributed by atoms with Crippen molar-refractivity contribution in [3.63, 3.8) is 0 Å². The molecule has 2 bridgehead atoms. The van der Waals surface area contributed by atoms with Gasteiger partial charge in [0.2, 0.25) is 0 Å². The molecule has 0 aliphatic carbocycles. The fourth-order valence-electron chi connectivity index (χ4n) is 2.48. The number of hydrogen-bond acceptors (Lipinski definition) is 5. The van der Waals surface area contributed by atoms with Gasteiger partial charge in [0.05, 0.1) is 18.2 Å². The number of anilines is 1. The van der Waals surface area contributed by atoms with Gasteiger partial charge in [0, 0.05) is 5.92 Å². The lowest BCUT2D eigenvalue weighted by atomic mass is 9.96. The predicted octanol–water partition coefficient (Wildman–Crippen LogP) is 1.92. The molecule has 16 heavy (non-hydrogen) atoms. The van der Waals surface area contributed by atoms with Crippen LogP contribution in [0.4, 0.5) is 6.01 Å². The van der Waals surface area contributed by atoms with Crippen molar-refractivity contribution in [3.8, 4) is 0 Å². The zero-order valence-corrected chi connectivity index (χ0v) is 9.64. The minimum Gasteiger partial charge on any atom is -0.373 e. The molecule has 1 N–H and O–H groups in total. The Kier molecular flexibility index (Phi) is 2.35. The highest BCUT2D eigenvalue weighted by atomic mass is 16.5. The van der Waals surface area contributed by atoms with Crippen LogP contribution in [0.3, 0.4) is 0 Å². The summed E-state index contributed by atoms with van der Waals surface area (Å²) in [6, 6.07) is 0.879. The Balaban J connectivity index is 1.65. The molecule has 0 spiro atoms. The van der Waals surface area contributed by atoms with E-state index in [0.29, 0.717) is 30.2 Å². The van der Waals surface area contributed by atoms with Crippen LogP contribution in [0.15, 0.2) is 4.52 Å². The number of ether oxygens (including phenoxy) is 1. The fraction of sp³-hybridized carbons (Fsp3) is 0.818. The molecule has 0 unspecified atom stereocenters. The third-order valence-electron chi connectivity index (χ3n) is 3.37. The van der Waals surface area contributed by atoms with E-state index >= 15 is 0 Å². The van der Waals surface area contributed by atoms with Crippen LogP contribution in [0, 0.1) is 0 Å². The summed E-state index contributed by atoms with van der Waals surface area (Å²) in [5.41, 5.74) is 0. The van der Waals surface area contributed by atoms with Crippen molar-refractivity contribution in [2.24, 2.45) is 0 Å². The SMILES string of the molecule is CC(C)c1noc(N[C@@H]2C[C@H]3CC[C@@H]2O3)n1. The highest BCUT2D eigenvalue weighted by Gasteiger charge is 2.41. The monoisotopic (exact) mass is 223 g/mol. The first-order chi connectivity index (χ1) is 7.72. The summed E-state index contributed by atoms with van der Waals surface area (Å²) < 4.78 is 10.9. The normalized spacial score (nSPS) is 32.6. The van der Waals surface area contributed by atoms with Crippen molar-refractivity contribution in [2.75, 3.05) is 5.32 Å². The fourth-order valence-corrected chi connectivity index (χ4v) is 2.48. The zero-order valence-electron chi connectivity index (χ0n) is 9.64. The molecule has 2 fully saturated rings. The molecule has 1 aromatic heterocycles. The molecule has 88 valence electrons. The Bertz CT molecular complexity index is 377. The number of fused-ring (bicyclic) bond motifs is 2.